The van der Waals surface area contributed by atoms with Gasteiger partial charge in [-0.25, -0.2) is 0 Å². The van der Waals surface area contributed by atoms with Gasteiger partial charge in [0.05, 0.1) is 23.1 Å². The van der Waals surface area contributed by atoms with Crippen LogP contribution in [0.4, 0.5) is 5.69 Å². The third kappa shape index (κ3) is 3.23. The molecule has 0 saturated heterocycles. The fourth-order valence-electron chi connectivity index (χ4n) is 2.23. The summed E-state index contributed by atoms with van der Waals surface area (Å²) in [4.78, 5) is 8.86. The monoisotopic (exact) mass is 310 g/mol. The number of nitrogens with one attached hydrogen (secondary N) is 1. The first-order chi connectivity index (χ1) is 10.6. The van der Waals surface area contributed by atoms with Gasteiger partial charge in [-0.1, -0.05) is 17.7 Å². The van der Waals surface area contributed by atoms with Gasteiger partial charge in [-0.2, -0.15) is 5.10 Å². The Hall–Kier alpha value is -2.46. The number of hydrazone groups is 1. The van der Waals surface area contributed by atoms with E-state index in [2.05, 4.69) is 20.5 Å². The van der Waals surface area contributed by atoms with Gasteiger partial charge >= 0.3 is 0 Å². The smallest absolute Gasteiger partial charge is 0.0833 e. The van der Waals surface area contributed by atoms with Crippen LogP contribution in [0.5, 0.6) is 0 Å². The number of hydrogen-bond acceptors (Lipinski definition) is 4. The van der Waals surface area contributed by atoms with E-state index in [0.717, 1.165) is 33.7 Å². The molecule has 0 fully saturated rings. The van der Waals surface area contributed by atoms with E-state index < -0.39 is 0 Å². The summed E-state index contributed by atoms with van der Waals surface area (Å²) in [6.07, 6.45) is 1.70. The normalized spacial score (nSPS) is 11.2. The molecule has 0 aliphatic carbocycles. The zero-order valence-electron chi connectivity index (χ0n) is 12.3. The molecule has 22 heavy (non-hydrogen) atoms. The van der Waals surface area contributed by atoms with Crippen molar-refractivity contribution in [3.8, 4) is 0 Å². The van der Waals surface area contributed by atoms with E-state index in [4.69, 9.17) is 11.6 Å². The zero-order chi connectivity index (χ0) is 15.5. The van der Waals surface area contributed by atoms with E-state index in [9.17, 15) is 0 Å². The van der Waals surface area contributed by atoms with Gasteiger partial charge in [0.25, 0.3) is 0 Å². The summed E-state index contributed by atoms with van der Waals surface area (Å²) in [7, 11) is 0. The highest BCUT2D eigenvalue weighted by atomic mass is 35.5. The summed E-state index contributed by atoms with van der Waals surface area (Å²) < 4.78 is 0. The van der Waals surface area contributed by atoms with Crippen LogP contribution in [0.3, 0.4) is 0 Å². The van der Waals surface area contributed by atoms with Gasteiger partial charge in [0.1, 0.15) is 0 Å². The lowest BCUT2D eigenvalue weighted by molar-refractivity contribution is 1.18. The minimum atomic E-state index is 0.670. The number of aromatic nitrogens is 2. The first kappa shape index (κ1) is 14.5. The molecule has 1 N–H and O–H groups in total. The number of anilines is 1. The van der Waals surface area contributed by atoms with Crippen LogP contribution >= 0.6 is 11.6 Å². The van der Waals surface area contributed by atoms with Crippen LogP contribution in [0.2, 0.25) is 5.02 Å². The molecule has 0 radical (unpaired) electrons. The van der Waals surface area contributed by atoms with Crippen LogP contribution in [0.25, 0.3) is 10.9 Å². The van der Waals surface area contributed by atoms with Gasteiger partial charge in [-0.15, -0.1) is 0 Å². The number of nitrogens with zero attached hydrogens (tertiary/aromatic N) is 3. The van der Waals surface area contributed by atoms with Crippen molar-refractivity contribution < 1.29 is 0 Å². The molecule has 0 aliphatic heterocycles. The lowest BCUT2D eigenvalue weighted by Gasteiger charge is -2.07. The SMILES string of the molecule is Cc1cccc(/C=N/Nc2cc(C)nc3cc(Cl)ccc23)n1. The molecule has 110 valence electrons. The molecule has 3 rings (SSSR count). The number of fused-ring (bicyclic) bond motifs is 1. The summed E-state index contributed by atoms with van der Waals surface area (Å²) in [6.45, 7) is 3.89. The van der Waals surface area contributed by atoms with Gasteiger partial charge < -0.3 is 0 Å². The number of pyridine rings is 2. The molecule has 0 bridgehead atoms. The highest BCUT2D eigenvalue weighted by molar-refractivity contribution is 6.31. The van der Waals surface area contributed by atoms with E-state index in [-0.39, 0.29) is 0 Å². The van der Waals surface area contributed by atoms with E-state index >= 15 is 0 Å². The first-order valence-corrected chi connectivity index (χ1v) is 7.29. The quantitative estimate of drug-likeness (QED) is 0.578. The molecule has 5 heteroatoms. The van der Waals surface area contributed by atoms with E-state index in [1.807, 2.05) is 56.3 Å². The van der Waals surface area contributed by atoms with E-state index in [1.165, 1.54) is 0 Å². The van der Waals surface area contributed by atoms with Crippen LogP contribution < -0.4 is 5.43 Å². The highest BCUT2D eigenvalue weighted by Crippen LogP contribution is 2.25. The summed E-state index contributed by atoms with van der Waals surface area (Å²) in [6, 6.07) is 13.4. The minimum absolute atomic E-state index is 0.670. The summed E-state index contributed by atoms with van der Waals surface area (Å²) in [5.74, 6) is 0. The van der Waals surface area contributed by atoms with Crippen LogP contribution in [-0.4, -0.2) is 16.2 Å². The molecular formula is C17H15ClN4. The van der Waals surface area contributed by atoms with Crippen molar-refractivity contribution in [2.75, 3.05) is 5.43 Å². The summed E-state index contributed by atoms with van der Waals surface area (Å²) in [5.41, 5.74) is 7.48. The van der Waals surface area contributed by atoms with Crippen molar-refractivity contribution in [3.05, 3.63) is 64.6 Å². The van der Waals surface area contributed by atoms with Crippen molar-refractivity contribution in [1.29, 1.82) is 0 Å². The molecule has 3 aromatic rings. The van der Waals surface area contributed by atoms with Crippen LogP contribution in [0, 0.1) is 13.8 Å². The van der Waals surface area contributed by atoms with Gasteiger partial charge in [-0.05, 0) is 50.2 Å². The Morgan fingerprint density at radius 1 is 1.05 bits per heavy atom. The fraction of sp³-hybridized carbons (Fsp3) is 0.118. The molecule has 1 aromatic carbocycles. The third-order valence-electron chi connectivity index (χ3n) is 3.19. The molecule has 0 aliphatic rings. The Bertz CT molecular complexity index is 853. The minimum Gasteiger partial charge on any atom is -0.278 e. The summed E-state index contributed by atoms with van der Waals surface area (Å²) in [5, 5.41) is 5.92. The summed E-state index contributed by atoms with van der Waals surface area (Å²) >= 11 is 6.02. The Morgan fingerprint density at radius 2 is 1.91 bits per heavy atom. The Balaban J connectivity index is 1.90. The fourth-order valence-corrected chi connectivity index (χ4v) is 2.40. The van der Waals surface area contributed by atoms with Crippen LogP contribution in [0.15, 0.2) is 47.6 Å². The lowest BCUT2D eigenvalue weighted by atomic mass is 10.1. The number of aryl methyl sites for hydroxylation is 2. The number of rotatable bonds is 3. The Kier molecular flexibility index (Phi) is 4.02. The number of hydrogen-bond donors (Lipinski definition) is 1. The van der Waals surface area contributed by atoms with Gasteiger partial charge in [0, 0.05) is 21.8 Å². The molecule has 0 amide bonds. The number of halogens is 1. The van der Waals surface area contributed by atoms with E-state index in [1.54, 1.807) is 6.21 Å². The lowest BCUT2D eigenvalue weighted by Crippen LogP contribution is -1.96. The van der Waals surface area contributed by atoms with Gasteiger partial charge in [0.2, 0.25) is 0 Å². The average molecular weight is 311 g/mol. The zero-order valence-corrected chi connectivity index (χ0v) is 13.1. The second kappa shape index (κ2) is 6.12. The second-order valence-corrected chi connectivity index (χ2v) is 5.48. The van der Waals surface area contributed by atoms with Gasteiger partial charge in [-0.3, -0.25) is 15.4 Å². The molecule has 2 heterocycles. The van der Waals surface area contributed by atoms with E-state index in [0.29, 0.717) is 5.02 Å². The maximum Gasteiger partial charge on any atom is 0.0833 e. The van der Waals surface area contributed by atoms with Crippen LogP contribution in [0.1, 0.15) is 17.1 Å². The Morgan fingerprint density at radius 3 is 2.73 bits per heavy atom. The molecule has 4 nitrogen and oxygen atoms in total. The van der Waals surface area contributed by atoms with Crippen molar-refractivity contribution in [1.82, 2.24) is 9.97 Å². The molecule has 0 saturated carbocycles. The van der Waals surface area contributed by atoms with Crippen molar-refractivity contribution in [2.45, 2.75) is 13.8 Å². The average Bonchev–Trinajstić information content (AvgIpc) is 2.46. The topological polar surface area (TPSA) is 50.2 Å². The number of benzene rings is 1. The molecule has 2 aromatic heterocycles. The van der Waals surface area contributed by atoms with Crippen molar-refractivity contribution >= 4 is 34.4 Å². The maximum atomic E-state index is 6.02. The van der Waals surface area contributed by atoms with Gasteiger partial charge in [0.15, 0.2) is 0 Å². The van der Waals surface area contributed by atoms with Crippen LogP contribution in [-0.2, 0) is 0 Å². The second-order valence-electron chi connectivity index (χ2n) is 5.05. The standard InChI is InChI=1S/C17H15ClN4/c1-11-4-3-5-14(20-11)10-19-22-17-8-12(2)21-16-9-13(18)6-7-15(16)17/h3-10H,1-2H3,(H,21,22)/b19-10+. The molecule has 0 unspecified atom stereocenters. The third-order valence-corrected chi connectivity index (χ3v) is 3.43. The molecule has 0 atom stereocenters. The molecule has 0 spiro atoms. The predicted molar refractivity (Wildman–Crippen MR) is 91.7 cm³/mol. The predicted octanol–water partition coefficient (Wildman–Crippen LogP) is 4.35. The maximum absolute atomic E-state index is 6.02. The van der Waals surface area contributed by atoms with Crippen molar-refractivity contribution in [2.24, 2.45) is 5.10 Å². The largest absolute Gasteiger partial charge is 0.278 e. The Labute approximate surface area is 133 Å². The molecular weight excluding hydrogens is 296 g/mol. The van der Waals surface area contributed by atoms with Crippen molar-refractivity contribution in [3.63, 3.8) is 0 Å². The highest BCUT2D eigenvalue weighted by Gasteiger charge is 2.04. The first-order valence-electron chi connectivity index (χ1n) is 6.91.